The van der Waals surface area contributed by atoms with Crippen LogP contribution in [0.3, 0.4) is 0 Å². The molecule has 0 saturated heterocycles. The van der Waals surface area contributed by atoms with Crippen LogP contribution in [0.15, 0.2) is 0 Å². The molecule has 17 heavy (non-hydrogen) atoms. The molecule has 4 nitrogen and oxygen atoms in total. The first-order valence-electron chi connectivity index (χ1n) is 6.64. The highest BCUT2D eigenvalue weighted by Gasteiger charge is 2.04. The Kier molecular flexibility index (Phi) is 12.6. The molecule has 0 aromatic rings. The second-order valence-electron chi connectivity index (χ2n) is 4.09. The van der Waals surface area contributed by atoms with E-state index in [0.717, 1.165) is 32.5 Å². The van der Waals surface area contributed by atoms with E-state index < -0.39 is 0 Å². The van der Waals surface area contributed by atoms with Crippen LogP contribution in [0, 0.1) is 0 Å². The molecule has 0 atom stereocenters. The zero-order valence-corrected chi connectivity index (χ0v) is 13.3. The van der Waals surface area contributed by atoms with Crippen molar-refractivity contribution in [1.82, 2.24) is 4.90 Å². The van der Waals surface area contributed by atoms with Crippen LogP contribution in [-0.2, 0) is 14.2 Å². The lowest BCUT2D eigenvalue weighted by atomic mass is 10.5. The van der Waals surface area contributed by atoms with Crippen molar-refractivity contribution in [2.24, 2.45) is 0 Å². The van der Waals surface area contributed by atoms with Crippen LogP contribution in [0.2, 0.25) is 12.1 Å². The van der Waals surface area contributed by atoms with Crippen molar-refractivity contribution in [2.75, 3.05) is 40.6 Å². The van der Waals surface area contributed by atoms with Crippen LogP contribution < -0.4 is 0 Å². The molecule has 0 aliphatic carbocycles. The van der Waals surface area contributed by atoms with Gasteiger partial charge in [-0.15, -0.1) is 0 Å². The van der Waals surface area contributed by atoms with E-state index in [9.17, 15) is 0 Å². The molecule has 0 bridgehead atoms. The van der Waals surface area contributed by atoms with Crippen molar-refractivity contribution in [3.63, 3.8) is 0 Å². The minimum absolute atomic E-state index is 0.0123. The van der Waals surface area contributed by atoms with Gasteiger partial charge in [0.2, 0.25) is 0 Å². The van der Waals surface area contributed by atoms with E-state index in [0.29, 0.717) is 0 Å². The molecule has 0 unspecified atom stereocenters. The van der Waals surface area contributed by atoms with Crippen LogP contribution in [0.5, 0.6) is 0 Å². The summed E-state index contributed by atoms with van der Waals surface area (Å²) in [7, 11) is 3.35. The molecule has 0 saturated carbocycles. The van der Waals surface area contributed by atoms with Gasteiger partial charge in [0.15, 0.2) is 6.29 Å². The molecule has 0 radical (unpaired) electrons. The largest absolute Gasteiger partial charge is 0.366 e. The fourth-order valence-electron chi connectivity index (χ4n) is 1.62. The quantitative estimate of drug-likeness (QED) is 0.302. The minimum atomic E-state index is -0.0595. The Morgan fingerprint density at radius 3 is 2.29 bits per heavy atom. The second-order valence-corrected chi connectivity index (χ2v) is 6.08. The summed E-state index contributed by atoms with van der Waals surface area (Å²) in [5, 5.41) is 0. The molecule has 0 fully saturated rings. The average molecular weight is 263 g/mol. The first-order chi connectivity index (χ1) is 8.28. The van der Waals surface area contributed by atoms with Gasteiger partial charge in [0.25, 0.3) is 0 Å². The molecule has 0 aromatic carbocycles. The van der Waals surface area contributed by atoms with Gasteiger partial charge >= 0.3 is 0 Å². The number of methoxy groups -OCH3 is 2. The molecule has 0 heterocycles. The molecule has 0 N–H and O–H groups in total. The summed E-state index contributed by atoms with van der Waals surface area (Å²) in [5.41, 5.74) is 0. The summed E-state index contributed by atoms with van der Waals surface area (Å²) in [6.45, 7) is 8.11. The highest BCUT2D eigenvalue weighted by atomic mass is 28.2. The zero-order chi connectivity index (χ0) is 12.9. The third-order valence-electron chi connectivity index (χ3n) is 2.92. The monoisotopic (exact) mass is 263 g/mol. The first kappa shape index (κ1) is 17.1. The summed E-state index contributed by atoms with van der Waals surface area (Å²) in [5.74, 6) is 0. The topological polar surface area (TPSA) is 30.9 Å². The number of nitrogens with zero attached hydrogens (tertiary/aromatic N) is 1. The molecule has 0 aliphatic heterocycles. The van der Waals surface area contributed by atoms with Crippen molar-refractivity contribution >= 4 is 9.52 Å². The van der Waals surface area contributed by atoms with Crippen molar-refractivity contribution in [1.29, 1.82) is 0 Å². The van der Waals surface area contributed by atoms with Gasteiger partial charge in [-0.1, -0.05) is 19.9 Å². The normalized spacial score (nSPS) is 12.4. The van der Waals surface area contributed by atoms with Crippen molar-refractivity contribution in [3.8, 4) is 0 Å². The van der Waals surface area contributed by atoms with E-state index in [2.05, 4.69) is 18.7 Å². The fourth-order valence-corrected chi connectivity index (χ4v) is 3.27. The Balaban J connectivity index is 3.23. The third-order valence-corrected chi connectivity index (χ3v) is 4.80. The summed E-state index contributed by atoms with van der Waals surface area (Å²) in [4.78, 5) is 2.28. The maximum Gasteiger partial charge on any atom is 0.153 e. The summed E-state index contributed by atoms with van der Waals surface area (Å²) in [6, 6.07) is 2.41. The zero-order valence-electron chi connectivity index (χ0n) is 11.9. The van der Waals surface area contributed by atoms with E-state index in [4.69, 9.17) is 14.2 Å². The maximum atomic E-state index is 5.62. The Morgan fingerprint density at radius 1 is 1.12 bits per heavy atom. The minimum Gasteiger partial charge on any atom is -0.366 e. The molecule has 0 spiro atoms. The Hall–Kier alpha value is 0.0569. The SMILES string of the molecule is CCN(CC)COCCC[SiH2]CC(OC)OC. The molecular weight excluding hydrogens is 234 g/mol. The van der Waals surface area contributed by atoms with Gasteiger partial charge in [-0.2, -0.15) is 0 Å². The summed E-state index contributed by atoms with van der Waals surface area (Å²) >= 11 is 0. The van der Waals surface area contributed by atoms with Crippen LogP contribution in [0.25, 0.3) is 0 Å². The third kappa shape index (κ3) is 9.73. The number of rotatable bonds is 12. The predicted octanol–water partition coefficient (Wildman–Crippen LogP) is 1.32. The average Bonchev–Trinajstić information content (AvgIpc) is 2.37. The van der Waals surface area contributed by atoms with Gasteiger partial charge < -0.3 is 14.2 Å². The van der Waals surface area contributed by atoms with Gasteiger partial charge in [-0.25, -0.2) is 0 Å². The summed E-state index contributed by atoms with van der Waals surface area (Å²) in [6.07, 6.45) is 1.19. The van der Waals surface area contributed by atoms with Gasteiger partial charge in [-0.05, 0) is 25.6 Å². The highest BCUT2D eigenvalue weighted by Crippen LogP contribution is 2.01. The Morgan fingerprint density at radius 2 is 1.76 bits per heavy atom. The first-order valence-corrected chi connectivity index (χ1v) is 8.64. The standard InChI is InChI=1S/C12H29NO3Si/c1-5-13(6-2)11-16-8-7-9-17-10-12(14-3)15-4/h12H,5-11,17H2,1-4H3. The van der Waals surface area contributed by atoms with Crippen LogP contribution in [0.1, 0.15) is 20.3 Å². The van der Waals surface area contributed by atoms with Crippen molar-refractivity contribution < 1.29 is 14.2 Å². The Labute approximate surface area is 108 Å². The predicted molar refractivity (Wildman–Crippen MR) is 74.3 cm³/mol. The fraction of sp³-hybridized carbons (Fsp3) is 1.00. The van der Waals surface area contributed by atoms with E-state index in [-0.39, 0.29) is 15.8 Å². The second kappa shape index (κ2) is 12.5. The molecule has 5 heteroatoms. The van der Waals surface area contributed by atoms with Crippen LogP contribution >= 0.6 is 0 Å². The maximum absolute atomic E-state index is 5.62. The number of hydrogen-bond acceptors (Lipinski definition) is 4. The van der Waals surface area contributed by atoms with Crippen molar-refractivity contribution in [3.05, 3.63) is 0 Å². The van der Waals surface area contributed by atoms with Gasteiger partial charge in [0.1, 0.15) is 0 Å². The molecule has 0 aromatic heterocycles. The van der Waals surface area contributed by atoms with E-state index in [1.807, 2.05) is 0 Å². The molecule has 104 valence electrons. The van der Waals surface area contributed by atoms with Gasteiger partial charge in [0, 0.05) is 30.3 Å². The van der Waals surface area contributed by atoms with E-state index in [1.165, 1.54) is 12.5 Å². The van der Waals surface area contributed by atoms with Crippen LogP contribution in [-0.4, -0.2) is 61.4 Å². The Bertz CT molecular complexity index is 137. The lowest BCUT2D eigenvalue weighted by molar-refractivity contribution is -0.0876. The van der Waals surface area contributed by atoms with Gasteiger partial charge in [-0.3, -0.25) is 4.90 Å². The number of ether oxygens (including phenoxy) is 3. The molecule has 0 amide bonds. The van der Waals surface area contributed by atoms with E-state index >= 15 is 0 Å². The summed E-state index contributed by atoms with van der Waals surface area (Å²) < 4.78 is 15.9. The molecule has 0 rings (SSSR count). The number of hydrogen-bond donors (Lipinski definition) is 0. The smallest absolute Gasteiger partial charge is 0.153 e. The highest BCUT2D eigenvalue weighted by molar-refractivity contribution is 6.35. The molecule has 0 aliphatic rings. The molecular formula is C12H29NO3Si. The van der Waals surface area contributed by atoms with E-state index in [1.54, 1.807) is 14.2 Å². The van der Waals surface area contributed by atoms with Gasteiger partial charge in [0.05, 0.1) is 6.73 Å². The van der Waals surface area contributed by atoms with Crippen molar-refractivity contribution in [2.45, 2.75) is 38.6 Å². The van der Waals surface area contributed by atoms with Crippen LogP contribution in [0.4, 0.5) is 0 Å². The lowest BCUT2D eigenvalue weighted by Gasteiger charge is -2.17. The lowest BCUT2D eigenvalue weighted by Crippen LogP contribution is -2.26.